The van der Waals surface area contributed by atoms with Gasteiger partial charge in [0.05, 0.1) is 10.5 Å². The molecule has 0 amide bonds. The fraction of sp³-hybridized carbons (Fsp3) is 0.250. The third-order valence-electron chi connectivity index (χ3n) is 3.74. The normalized spacial score (nSPS) is 14.8. The summed E-state index contributed by atoms with van der Waals surface area (Å²) in [6.07, 6.45) is -6.14. The molecular weight excluding hydrogens is 349 g/mol. The number of hydrogen-bond donors (Lipinski definition) is 1. The van der Waals surface area contributed by atoms with Gasteiger partial charge < -0.3 is 5.11 Å². The minimum atomic E-state index is -6.14. The molecule has 4 nitrogen and oxygen atoms in total. The minimum absolute atomic E-state index is 0.299. The zero-order valence-corrected chi connectivity index (χ0v) is 12.7. The van der Waals surface area contributed by atoms with E-state index in [1.54, 1.807) is 0 Å². The SMILES string of the molecule is Cc1cccc(C(O)(c2ccccc2[N+](=O)[O-])C(F)(F)C(F)(F)F)c1. The summed E-state index contributed by atoms with van der Waals surface area (Å²) in [5.41, 5.74) is -6.67. The molecule has 0 saturated carbocycles. The van der Waals surface area contributed by atoms with Gasteiger partial charge in [0.15, 0.2) is 5.60 Å². The number of aryl methyl sites for hydroxylation is 1. The van der Waals surface area contributed by atoms with Gasteiger partial charge in [-0.05, 0) is 18.6 Å². The molecule has 0 fully saturated rings. The van der Waals surface area contributed by atoms with Crippen molar-refractivity contribution in [3.05, 3.63) is 75.3 Å². The van der Waals surface area contributed by atoms with Crippen LogP contribution in [0.1, 0.15) is 16.7 Å². The molecule has 0 bridgehead atoms. The van der Waals surface area contributed by atoms with Crippen LogP contribution in [0.2, 0.25) is 0 Å². The van der Waals surface area contributed by atoms with Crippen LogP contribution in [0.4, 0.5) is 27.6 Å². The fourth-order valence-electron chi connectivity index (χ4n) is 2.52. The number of nitro groups is 1. The number of halogens is 5. The summed E-state index contributed by atoms with van der Waals surface area (Å²) in [5, 5.41) is 21.7. The van der Waals surface area contributed by atoms with Crippen molar-refractivity contribution in [2.24, 2.45) is 0 Å². The van der Waals surface area contributed by atoms with Gasteiger partial charge in [-0.1, -0.05) is 42.0 Å². The Morgan fingerprint density at radius 1 is 1.00 bits per heavy atom. The highest BCUT2D eigenvalue weighted by molar-refractivity contribution is 5.51. The summed E-state index contributed by atoms with van der Waals surface area (Å²) in [5.74, 6) is -5.68. The van der Waals surface area contributed by atoms with Crippen LogP contribution < -0.4 is 0 Å². The Morgan fingerprint density at radius 2 is 1.60 bits per heavy atom. The van der Waals surface area contributed by atoms with E-state index in [2.05, 4.69) is 0 Å². The van der Waals surface area contributed by atoms with Crippen molar-refractivity contribution >= 4 is 5.69 Å². The molecule has 134 valence electrons. The van der Waals surface area contributed by atoms with Crippen molar-refractivity contribution in [2.75, 3.05) is 0 Å². The highest BCUT2D eigenvalue weighted by Gasteiger charge is 2.72. The number of nitrogens with zero attached hydrogens (tertiary/aromatic N) is 1. The maximum atomic E-state index is 14.3. The van der Waals surface area contributed by atoms with Crippen LogP contribution in [0.15, 0.2) is 48.5 Å². The highest BCUT2D eigenvalue weighted by atomic mass is 19.4. The maximum absolute atomic E-state index is 14.3. The van der Waals surface area contributed by atoms with E-state index in [1.165, 1.54) is 19.1 Å². The smallest absolute Gasteiger partial charge is 0.374 e. The second-order valence-electron chi connectivity index (χ2n) is 5.43. The molecule has 0 aliphatic heterocycles. The summed E-state index contributed by atoms with van der Waals surface area (Å²) < 4.78 is 67.8. The second-order valence-corrected chi connectivity index (χ2v) is 5.43. The van der Waals surface area contributed by atoms with Crippen LogP contribution in [0.25, 0.3) is 0 Å². The van der Waals surface area contributed by atoms with Crippen molar-refractivity contribution in [1.29, 1.82) is 0 Å². The first-order valence-corrected chi connectivity index (χ1v) is 6.91. The van der Waals surface area contributed by atoms with Crippen molar-refractivity contribution < 1.29 is 32.0 Å². The van der Waals surface area contributed by atoms with E-state index in [0.717, 1.165) is 30.3 Å². The molecule has 0 radical (unpaired) electrons. The van der Waals surface area contributed by atoms with Gasteiger partial charge in [-0.2, -0.15) is 22.0 Å². The van der Waals surface area contributed by atoms with E-state index in [-0.39, 0.29) is 0 Å². The quantitative estimate of drug-likeness (QED) is 0.501. The Hall–Kier alpha value is -2.55. The molecule has 0 spiro atoms. The molecule has 0 aliphatic rings. The first-order valence-electron chi connectivity index (χ1n) is 6.91. The molecule has 1 unspecified atom stereocenters. The molecule has 25 heavy (non-hydrogen) atoms. The van der Waals surface area contributed by atoms with Gasteiger partial charge in [-0.3, -0.25) is 10.1 Å². The number of benzene rings is 2. The van der Waals surface area contributed by atoms with Crippen LogP contribution in [0, 0.1) is 17.0 Å². The molecule has 0 heterocycles. The summed E-state index contributed by atoms with van der Waals surface area (Å²) in [7, 11) is 0. The Labute approximate surface area is 138 Å². The predicted octanol–water partition coefficient (Wildman–Crippen LogP) is 4.34. The van der Waals surface area contributed by atoms with E-state index in [1.807, 2.05) is 0 Å². The van der Waals surface area contributed by atoms with Gasteiger partial charge in [0.2, 0.25) is 0 Å². The standard InChI is InChI=1S/C16H12F5NO3/c1-10-5-4-6-11(9-10)14(23,15(17,18)16(19,20)21)12-7-2-3-8-13(12)22(24)25/h2-9,23H,1H3. The molecule has 0 saturated heterocycles. The zero-order chi connectivity index (χ0) is 19.0. The lowest BCUT2D eigenvalue weighted by molar-refractivity contribution is -0.389. The van der Waals surface area contributed by atoms with Gasteiger partial charge in [-0.15, -0.1) is 0 Å². The number of aliphatic hydroxyl groups is 1. The van der Waals surface area contributed by atoms with Crippen molar-refractivity contribution in [3.63, 3.8) is 0 Å². The summed E-state index contributed by atoms with van der Waals surface area (Å²) in [6, 6.07) is 7.97. The molecule has 2 rings (SSSR count). The number of rotatable bonds is 4. The van der Waals surface area contributed by atoms with Crippen LogP contribution in [0.3, 0.4) is 0 Å². The van der Waals surface area contributed by atoms with Crippen LogP contribution >= 0.6 is 0 Å². The van der Waals surface area contributed by atoms with Gasteiger partial charge in [0, 0.05) is 6.07 Å². The molecular formula is C16H12F5NO3. The van der Waals surface area contributed by atoms with E-state index in [4.69, 9.17) is 0 Å². The van der Waals surface area contributed by atoms with Crippen molar-refractivity contribution in [3.8, 4) is 0 Å². The lowest BCUT2D eigenvalue weighted by atomic mass is 9.79. The van der Waals surface area contributed by atoms with E-state index in [0.29, 0.717) is 11.6 Å². The van der Waals surface area contributed by atoms with Gasteiger partial charge >= 0.3 is 12.1 Å². The summed E-state index contributed by atoms with van der Waals surface area (Å²) in [4.78, 5) is 9.99. The molecule has 2 aromatic carbocycles. The van der Waals surface area contributed by atoms with Crippen LogP contribution in [0.5, 0.6) is 0 Å². The maximum Gasteiger partial charge on any atom is 0.457 e. The first kappa shape index (κ1) is 18.8. The Kier molecular flexibility index (Phi) is 4.56. The first-order chi connectivity index (χ1) is 11.4. The highest BCUT2D eigenvalue weighted by Crippen LogP contribution is 2.53. The van der Waals surface area contributed by atoms with Crippen LogP contribution in [-0.2, 0) is 5.60 Å². The number of para-hydroxylation sites is 1. The Bertz CT molecular complexity index is 806. The molecule has 0 aromatic heterocycles. The summed E-state index contributed by atoms with van der Waals surface area (Å²) in [6.45, 7) is 1.43. The third kappa shape index (κ3) is 2.95. The second kappa shape index (κ2) is 6.07. The number of alkyl halides is 5. The van der Waals surface area contributed by atoms with Gasteiger partial charge in [0.1, 0.15) is 0 Å². The van der Waals surface area contributed by atoms with E-state index >= 15 is 0 Å². The molecule has 9 heteroatoms. The number of nitro benzene ring substituents is 1. The molecule has 1 atom stereocenters. The largest absolute Gasteiger partial charge is 0.457 e. The minimum Gasteiger partial charge on any atom is -0.374 e. The van der Waals surface area contributed by atoms with E-state index < -0.39 is 39.4 Å². The topological polar surface area (TPSA) is 63.4 Å². The third-order valence-corrected chi connectivity index (χ3v) is 3.74. The Balaban J connectivity index is 2.91. The predicted molar refractivity (Wildman–Crippen MR) is 78.3 cm³/mol. The Morgan fingerprint density at radius 3 is 2.12 bits per heavy atom. The average molecular weight is 361 g/mol. The zero-order valence-electron chi connectivity index (χ0n) is 12.7. The fourth-order valence-corrected chi connectivity index (χ4v) is 2.52. The van der Waals surface area contributed by atoms with Gasteiger partial charge in [-0.25, -0.2) is 0 Å². The average Bonchev–Trinajstić information content (AvgIpc) is 2.52. The monoisotopic (exact) mass is 361 g/mol. The molecule has 0 aliphatic carbocycles. The molecule has 2 aromatic rings. The number of hydrogen-bond acceptors (Lipinski definition) is 3. The lowest BCUT2D eigenvalue weighted by Crippen LogP contribution is -2.55. The molecule has 1 N–H and O–H groups in total. The van der Waals surface area contributed by atoms with Gasteiger partial charge in [0.25, 0.3) is 5.69 Å². The van der Waals surface area contributed by atoms with Crippen molar-refractivity contribution in [1.82, 2.24) is 0 Å². The van der Waals surface area contributed by atoms with Crippen LogP contribution in [-0.4, -0.2) is 22.1 Å². The summed E-state index contributed by atoms with van der Waals surface area (Å²) >= 11 is 0. The van der Waals surface area contributed by atoms with E-state index in [9.17, 15) is 37.2 Å². The lowest BCUT2D eigenvalue weighted by Gasteiger charge is -2.37. The van der Waals surface area contributed by atoms with Crippen molar-refractivity contribution in [2.45, 2.75) is 24.6 Å².